The van der Waals surface area contributed by atoms with Crippen LogP contribution in [0.3, 0.4) is 0 Å². The first-order chi connectivity index (χ1) is 12.1. The van der Waals surface area contributed by atoms with E-state index < -0.39 is 41.2 Å². The number of hydrogen-bond acceptors (Lipinski definition) is 5. The number of nitrogens with zero attached hydrogens (tertiary/aromatic N) is 1. The molecule has 0 aromatic heterocycles. The highest BCUT2D eigenvalue weighted by Crippen LogP contribution is 2.21. The van der Waals surface area contributed by atoms with Crippen LogP contribution >= 0.6 is 0 Å². The predicted octanol–water partition coefficient (Wildman–Crippen LogP) is 1.31. The zero-order valence-electron chi connectivity index (χ0n) is 13.6. The number of sulfonamides is 1. The summed E-state index contributed by atoms with van der Waals surface area (Å²) in [6, 6.07) is 5.09. The molecule has 0 radical (unpaired) electrons. The summed E-state index contributed by atoms with van der Waals surface area (Å²) in [5, 5.41) is 1.56. The molecule has 0 saturated carbocycles. The van der Waals surface area contributed by atoms with E-state index >= 15 is 0 Å². The van der Waals surface area contributed by atoms with Crippen molar-refractivity contribution in [2.24, 2.45) is 0 Å². The maximum atomic E-state index is 12.5. The van der Waals surface area contributed by atoms with Crippen molar-refractivity contribution in [3.63, 3.8) is 0 Å². The van der Waals surface area contributed by atoms with E-state index in [0.717, 1.165) is 18.9 Å². The number of rotatable bonds is 6. The first kappa shape index (κ1) is 20.2. The minimum absolute atomic E-state index is 0.0876. The maximum absolute atomic E-state index is 12.5. The van der Waals surface area contributed by atoms with Crippen molar-refractivity contribution < 1.29 is 35.9 Å². The van der Waals surface area contributed by atoms with Gasteiger partial charge in [-0.05, 0) is 31.0 Å². The lowest BCUT2D eigenvalue weighted by Gasteiger charge is -2.15. The molecule has 1 aliphatic rings. The Morgan fingerprint density at radius 1 is 1.19 bits per heavy atom. The molecule has 1 fully saturated rings. The van der Waals surface area contributed by atoms with Gasteiger partial charge in [-0.15, -0.1) is 0 Å². The molecule has 11 heteroatoms. The van der Waals surface area contributed by atoms with Gasteiger partial charge in [0.15, 0.2) is 6.61 Å². The molecule has 0 spiro atoms. The molecule has 1 amide bonds. The summed E-state index contributed by atoms with van der Waals surface area (Å²) in [5.74, 6) is -2.12. The quantitative estimate of drug-likeness (QED) is 0.735. The zero-order chi connectivity index (χ0) is 19.4. The molecular weight excluding hydrogens is 377 g/mol. The molecule has 2 rings (SSSR count). The molecule has 0 bridgehead atoms. The van der Waals surface area contributed by atoms with Gasteiger partial charge in [0, 0.05) is 13.1 Å². The van der Waals surface area contributed by atoms with Gasteiger partial charge in [0.25, 0.3) is 5.91 Å². The minimum Gasteiger partial charge on any atom is -0.452 e. The summed E-state index contributed by atoms with van der Waals surface area (Å²) in [6.07, 6.45) is -3.06. The van der Waals surface area contributed by atoms with Crippen LogP contribution in [0.25, 0.3) is 0 Å². The van der Waals surface area contributed by atoms with Crippen molar-refractivity contribution in [2.75, 3.05) is 26.2 Å². The second-order valence-electron chi connectivity index (χ2n) is 5.61. The Balaban J connectivity index is 1.98. The summed E-state index contributed by atoms with van der Waals surface area (Å²) in [5.41, 5.74) is -0.117. The highest BCUT2D eigenvalue weighted by molar-refractivity contribution is 7.89. The van der Waals surface area contributed by atoms with Crippen molar-refractivity contribution in [1.29, 1.82) is 0 Å². The summed E-state index contributed by atoms with van der Waals surface area (Å²) in [4.78, 5) is 23.1. The molecule has 0 atom stereocenters. The Hall–Kier alpha value is -2.14. The zero-order valence-corrected chi connectivity index (χ0v) is 14.4. The second kappa shape index (κ2) is 8.04. The Labute approximate surface area is 148 Å². The normalized spacial score (nSPS) is 15.7. The number of amides is 1. The minimum atomic E-state index is -4.57. The first-order valence-electron chi connectivity index (χ1n) is 7.70. The molecule has 1 aromatic rings. The molecule has 26 heavy (non-hydrogen) atoms. The smallest absolute Gasteiger partial charge is 0.405 e. The lowest BCUT2D eigenvalue weighted by atomic mass is 10.2. The molecule has 1 heterocycles. The van der Waals surface area contributed by atoms with E-state index in [9.17, 15) is 31.2 Å². The van der Waals surface area contributed by atoms with Crippen LogP contribution < -0.4 is 5.32 Å². The summed E-state index contributed by atoms with van der Waals surface area (Å²) in [6.45, 7) is -1.64. The van der Waals surface area contributed by atoms with Crippen LogP contribution in [0.15, 0.2) is 29.2 Å². The van der Waals surface area contributed by atoms with Gasteiger partial charge >= 0.3 is 12.1 Å². The van der Waals surface area contributed by atoms with Gasteiger partial charge in [-0.2, -0.15) is 17.5 Å². The van der Waals surface area contributed by atoms with Crippen molar-refractivity contribution in [1.82, 2.24) is 9.62 Å². The van der Waals surface area contributed by atoms with E-state index in [0.29, 0.717) is 13.1 Å². The predicted molar refractivity (Wildman–Crippen MR) is 83.8 cm³/mol. The molecule has 1 N–H and O–H groups in total. The van der Waals surface area contributed by atoms with E-state index in [2.05, 4.69) is 4.74 Å². The SMILES string of the molecule is O=C(COC(=O)c1cccc(S(=O)(=O)N2CCCC2)c1)NCC(F)(F)F. The van der Waals surface area contributed by atoms with Crippen LogP contribution in [-0.4, -0.2) is 57.0 Å². The van der Waals surface area contributed by atoms with Crippen molar-refractivity contribution >= 4 is 21.9 Å². The third-order valence-corrected chi connectivity index (χ3v) is 5.49. The fraction of sp³-hybridized carbons (Fsp3) is 0.467. The van der Waals surface area contributed by atoms with E-state index in [-0.39, 0.29) is 10.5 Å². The highest BCUT2D eigenvalue weighted by atomic mass is 32.2. The third-order valence-electron chi connectivity index (χ3n) is 3.59. The summed E-state index contributed by atoms with van der Waals surface area (Å²) >= 11 is 0. The van der Waals surface area contributed by atoms with Gasteiger partial charge in [0.1, 0.15) is 6.54 Å². The average Bonchev–Trinajstić information content (AvgIpc) is 3.12. The van der Waals surface area contributed by atoms with Crippen LogP contribution in [0.2, 0.25) is 0 Å². The highest BCUT2D eigenvalue weighted by Gasteiger charge is 2.29. The number of halogens is 3. The number of ether oxygens (including phenoxy) is 1. The Morgan fingerprint density at radius 3 is 2.46 bits per heavy atom. The monoisotopic (exact) mass is 394 g/mol. The molecule has 1 saturated heterocycles. The Kier molecular flexibility index (Phi) is 6.24. The fourth-order valence-electron chi connectivity index (χ4n) is 2.33. The van der Waals surface area contributed by atoms with E-state index in [1.807, 2.05) is 0 Å². The molecular formula is C15H17F3N2O5S. The largest absolute Gasteiger partial charge is 0.452 e. The lowest BCUT2D eigenvalue weighted by Crippen LogP contribution is -2.36. The second-order valence-corrected chi connectivity index (χ2v) is 7.54. The maximum Gasteiger partial charge on any atom is 0.405 e. The number of carbonyl (C=O) groups excluding carboxylic acids is 2. The molecule has 144 valence electrons. The summed E-state index contributed by atoms with van der Waals surface area (Å²) in [7, 11) is -3.73. The van der Waals surface area contributed by atoms with E-state index in [1.54, 1.807) is 5.32 Å². The third kappa shape index (κ3) is 5.43. The van der Waals surface area contributed by atoms with Crippen LogP contribution in [0.5, 0.6) is 0 Å². The number of hydrogen-bond donors (Lipinski definition) is 1. The number of carbonyl (C=O) groups is 2. The van der Waals surface area contributed by atoms with Crippen molar-refractivity contribution in [3.8, 4) is 0 Å². The summed E-state index contributed by atoms with van der Waals surface area (Å²) < 4.78 is 66.8. The van der Waals surface area contributed by atoms with Gasteiger partial charge in [0.2, 0.25) is 10.0 Å². The molecule has 0 unspecified atom stereocenters. The number of alkyl halides is 3. The fourth-order valence-corrected chi connectivity index (χ4v) is 3.89. The van der Waals surface area contributed by atoms with Crippen molar-refractivity contribution in [3.05, 3.63) is 29.8 Å². The topological polar surface area (TPSA) is 92.8 Å². The van der Waals surface area contributed by atoms with Crippen LogP contribution in [0.4, 0.5) is 13.2 Å². The van der Waals surface area contributed by atoms with Crippen LogP contribution in [0.1, 0.15) is 23.2 Å². The van der Waals surface area contributed by atoms with E-state index in [4.69, 9.17) is 0 Å². The molecule has 1 aromatic carbocycles. The van der Waals surface area contributed by atoms with Gasteiger partial charge in [-0.1, -0.05) is 6.07 Å². The molecule has 1 aliphatic heterocycles. The first-order valence-corrected chi connectivity index (χ1v) is 9.14. The van der Waals surface area contributed by atoms with E-state index in [1.165, 1.54) is 22.5 Å². The molecule has 0 aliphatic carbocycles. The van der Waals surface area contributed by atoms with Crippen molar-refractivity contribution in [2.45, 2.75) is 23.9 Å². The number of nitrogens with one attached hydrogen (secondary N) is 1. The van der Waals surface area contributed by atoms with Crippen LogP contribution in [0, 0.1) is 0 Å². The van der Waals surface area contributed by atoms with Gasteiger partial charge < -0.3 is 10.1 Å². The molecule has 7 nitrogen and oxygen atoms in total. The standard InChI is InChI=1S/C15H17F3N2O5S/c16-15(17,18)10-19-13(21)9-25-14(22)11-4-3-5-12(8-11)26(23,24)20-6-1-2-7-20/h3-5,8H,1-2,6-7,9-10H2,(H,19,21). The van der Waals surface area contributed by atoms with Crippen LogP contribution in [-0.2, 0) is 19.6 Å². The van der Waals surface area contributed by atoms with Gasteiger partial charge in [-0.25, -0.2) is 13.2 Å². The number of esters is 1. The average molecular weight is 394 g/mol. The Bertz CT molecular complexity index is 774. The van der Waals surface area contributed by atoms with Gasteiger partial charge in [0.05, 0.1) is 10.5 Å². The lowest BCUT2D eigenvalue weighted by molar-refractivity contribution is -0.140. The number of benzene rings is 1. The Morgan fingerprint density at radius 2 is 1.85 bits per heavy atom. The van der Waals surface area contributed by atoms with Gasteiger partial charge in [-0.3, -0.25) is 4.79 Å².